The lowest BCUT2D eigenvalue weighted by Crippen LogP contribution is -2.59. The van der Waals surface area contributed by atoms with Crippen LogP contribution in [0.2, 0.25) is 10.0 Å². The van der Waals surface area contributed by atoms with Crippen molar-refractivity contribution in [2.24, 2.45) is 7.05 Å². The van der Waals surface area contributed by atoms with Gasteiger partial charge in [0.2, 0.25) is 0 Å². The molecule has 37 heavy (non-hydrogen) atoms. The van der Waals surface area contributed by atoms with E-state index in [-0.39, 0.29) is 18.8 Å². The van der Waals surface area contributed by atoms with Crippen molar-refractivity contribution in [3.8, 4) is 12.3 Å². The maximum Gasteiger partial charge on any atom is 0.335 e. The topological polar surface area (TPSA) is 123 Å². The summed E-state index contributed by atoms with van der Waals surface area (Å²) in [7, 11) is 1.74. The van der Waals surface area contributed by atoms with Crippen LogP contribution in [0.25, 0.3) is 11.0 Å². The number of carboxylic acids is 1. The van der Waals surface area contributed by atoms with Gasteiger partial charge in [-0.3, -0.25) is 0 Å². The first-order chi connectivity index (χ1) is 17.7. The third kappa shape index (κ3) is 6.06. The molecule has 0 amide bonds. The molecule has 1 aromatic heterocycles. The summed E-state index contributed by atoms with van der Waals surface area (Å²) >= 11 is 13.5. The molecular weight excluding hydrogens is 543 g/mol. The number of terminal acetylenes is 1. The molecule has 1 saturated heterocycles. The molecule has 5 atom stereocenters. The number of thioether (sulfide) groups is 1. The van der Waals surface area contributed by atoms with Gasteiger partial charge in [-0.15, -0.1) is 6.42 Å². The van der Waals surface area contributed by atoms with Crippen LogP contribution in [0, 0.1) is 12.3 Å². The van der Waals surface area contributed by atoms with Crippen LogP contribution in [0.4, 0.5) is 0 Å². The Morgan fingerprint density at radius 2 is 2.00 bits per heavy atom. The smallest absolute Gasteiger partial charge is 0.335 e. The Balaban J connectivity index is 1.60. The molecule has 3 aromatic rings. The molecule has 0 radical (unpaired) electrons. The van der Waals surface area contributed by atoms with E-state index in [0.717, 1.165) is 4.90 Å². The standard InChI is InChI=1S/C25H24Cl2N2O7S/c1-3-8-34-23-22(35-12-20-28-17-7-4-13(24(32)33)9-18(17)29(20)2)21(31)19(11-30)36-25(23)37-14-5-6-15(26)16(27)10-14/h1,4-7,9-10,19,21-23,25,30-31H,8,11-12H2,2H3,(H,32,33)/t19-,21+,22+,23-,25-/m1/s1. The summed E-state index contributed by atoms with van der Waals surface area (Å²) < 4.78 is 19.7. The highest BCUT2D eigenvalue weighted by molar-refractivity contribution is 7.99. The zero-order chi connectivity index (χ0) is 26.7. The maximum atomic E-state index is 11.4. The minimum Gasteiger partial charge on any atom is -0.478 e. The molecule has 12 heteroatoms. The molecule has 0 bridgehead atoms. The van der Waals surface area contributed by atoms with E-state index in [0.29, 0.717) is 26.9 Å². The van der Waals surface area contributed by atoms with Crippen molar-refractivity contribution >= 4 is 52.0 Å². The van der Waals surface area contributed by atoms with Gasteiger partial charge < -0.3 is 34.1 Å². The Morgan fingerprint density at radius 1 is 1.22 bits per heavy atom. The van der Waals surface area contributed by atoms with E-state index in [1.807, 2.05) is 0 Å². The summed E-state index contributed by atoms with van der Waals surface area (Å²) in [4.78, 5) is 16.6. The van der Waals surface area contributed by atoms with Gasteiger partial charge in [-0.05, 0) is 36.4 Å². The summed E-state index contributed by atoms with van der Waals surface area (Å²) in [6.45, 7) is -0.549. The number of aromatic nitrogens is 2. The first kappa shape index (κ1) is 27.7. The molecule has 1 aliphatic rings. The van der Waals surface area contributed by atoms with E-state index in [9.17, 15) is 20.1 Å². The van der Waals surface area contributed by atoms with Crippen LogP contribution in [0.3, 0.4) is 0 Å². The zero-order valence-electron chi connectivity index (χ0n) is 19.6. The van der Waals surface area contributed by atoms with E-state index in [4.69, 9.17) is 43.8 Å². The number of aryl methyl sites for hydroxylation is 1. The molecule has 9 nitrogen and oxygen atoms in total. The number of imidazole rings is 1. The van der Waals surface area contributed by atoms with Crippen molar-refractivity contribution in [3.05, 3.63) is 57.8 Å². The SMILES string of the molecule is C#CCO[C@@H]1[C@@H](OCc2nc3ccc(C(=O)O)cc3n2C)[C@@H](O)[C@@H](CO)O[C@@H]1Sc1ccc(Cl)c(Cl)c1. The van der Waals surface area contributed by atoms with Crippen LogP contribution in [0.5, 0.6) is 0 Å². The van der Waals surface area contributed by atoms with Gasteiger partial charge in [0, 0.05) is 11.9 Å². The average molecular weight is 567 g/mol. The minimum atomic E-state index is -1.23. The molecule has 1 fully saturated rings. The van der Waals surface area contributed by atoms with E-state index >= 15 is 0 Å². The van der Waals surface area contributed by atoms with Gasteiger partial charge in [0.25, 0.3) is 0 Å². The molecule has 0 aliphatic carbocycles. The second-order valence-electron chi connectivity index (χ2n) is 8.26. The van der Waals surface area contributed by atoms with Crippen LogP contribution in [-0.2, 0) is 27.9 Å². The van der Waals surface area contributed by atoms with Crippen LogP contribution in [0.15, 0.2) is 41.3 Å². The van der Waals surface area contributed by atoms with Crippen molar-refractivity contribution in [3.63, 3.8) is 0 Å². The normalized spacial score (nSPS) is 23.7. The largest absolute Gasteiger partial charge is 0.478 e. The number of carbonyl (C=O) groups is 1. The molecule has 2 aromatic carbocycles. The van der Waals surface area contributed by atoms with Crippen LogP contribution in [-0.4, -0.2) is 73.9 Å². The van der Waals surface area contributed by atoms with Gasteiger partial charge in [-0.1, -0.05) is 40.9 Å². The van der Waals surface area contributed by atoms with Crippen LogP contribution in [0.1, 0.15) is 16.2 Å². The van der Waals surface area contributed by atoms with Gasteiger partial charge in [0.15, 0.2) is 0 Å². The molecule has 1 aliphatic heterocycles. The van der Waals surface area contributed by atoms with E-state index in [1.54, 1.807) is 35.9 Å². The first-order valence-corrected chi connectivity index (χ1v) is 12.8. The fourth-order valence-corrected chi connectivity index (χ4v) is 5.53. The number of fused-ring (bicyclic) bond motifs is 1. The molecule has 4 rings (SSSR count). The number of hydrogen-bond donors (Lipinski definition) is 3. The lowest BCUT2D eigenvalue weighted by atomic mass is 10.00. The fourth-order valence-electron chi connectivity index (χ4n) is 4.00. The molecular formula is C25H24Cl2N2O7S. The zero-order valence-corrected chi connectivity index (χ0v) is 21.9. The van der Waals surface area contributed by atoms with Crippen molar-refractivity contribution in [2.75, 3.05) is 13.2 Å². The predicted molar refractivity (Wildman–Crippen MR) is 139 cm³/mol. The Kier molecular flexibility index (Phi) is 9.00. The van der Waals surface area contributed by atoms with Crippen molar-refractivity contribution in [1.29, 1.82) is 0 Å². The quantitative estimate of drug-likeness (QED) is 0.334. The van der Waals surface area contributed by atoms with E-state index in [2.05, 4.69) is 10.9 Å². The number of benzene rings is 2. The molecule has 0 saturated carbocycles. The molecule has 3 N–H and O–H groups in total. The van der Waals surface area contributed by atoms with Crippen LogP contribution >= 0.6 is 35.0 Å². The Bertz CT molecular complexity index is 1330. The van der Waals surface area contributed by atoms with Crippen molar-refractivity contribution in [1.82, 2.24) is 9.55 Å². The lowest BCUT2D eigenvalue weighted by molar-refractivity contribution is -0.233. The van der Waals surface area contributed by atoms with Gasteiger partial charge in [0.1, 0.15) is 48.9 Å². The van der Waals surface area contributed by atoms with Crippen molar-refractivity contribution in [2.45, 2.75) is 41.4 Å². The average Bonchev–Trinajstić information content (AvgIpc) is 3.20. The highest BCUT2D eigenvalue weighted by atomic mass is 35.5. The lowest BCUT2D eigenvalue weighted by Gasteiger charge is -2.43. The van der Waals surface area contributed by atoms with Gasteiger partial charge in [-0.25, -0.2) is 9.78 Å². The second-order valence-corrected chi connectivity index (χ2v) is 10.2. The van der Waals surface area contributed by atoms with Crippen molar-refractivity contribution < 1.29 is 34.3 Å². The van der Waals surface area contributed by atoms with E-state index in [1.165, 1.54) is 23.9 Å². The van der Waals surface area contributed by atoms with E-state index < -0.39 is 42.4 Å². The molecule has 2 heterocycles. The maximum absolute atomic E-state index is 11.4. The number of aliphatic hydroxyl groups excluding tert-OH is 2. The third-order valence-electron chi connectivity index (χ3n) is 5.93. The number of carboxylic acid groups (broad SMARTS) is 1. The summed E-state index contributed by atoms with van der Waals surface area (Å²) in [5, 5.41) is 30.9. The Labute approximate surface area is 227 Å². The molecule has 0 unspecified atom stereocenters. The fraction of sp³-hybridized carbons (Fsp3) is 0.360. The number of ether oxygens (including phenoxy) is 3. The van der Waals surface area contributed by atoms with Gasteiger partial charge >= 0.3 is 5.97 Å². The number of aliphatic hydroxyl groups is 2. The summed E-state index contributed by atoms with van der Waals surface area (Å²) in [5.41, 5.74) is 0.640. The summed E-state index contributed by atoms with van der Waals surface area (Å²) in [6.07, 6.45) is 1.49. The van der Waals surface area contributed by atoms with Gasteiger partial charge in [-0.2, -0.15) is 0 Å². The Morgan fingerprint density at radius 3 is 2.68 bits per heavy atom. The number of aromatic carboxylic acids is 1. The van der Waals surface area contributed by atoms with Gasteiger partial charge in [0.05, 0.1) is 33.2 Å². The third-order valence-corrected chi connectivity index (χ3v) is 7.80. The number of rotatable bonds is 9. The minimum absolute atomic E-state index is 0.0342. The number of halogens is 2. The second kappa shape index (κ2) is 12.0. The summed E-state index contributed by atoms with van der Waals surface area (Å²) in [5.74, 6) is 1.87. The predicted octanol–water partition coefficient (Wildman–Crippen LogP) is 3.35. The molecule has 0 spiro atoms. The van der Waals surface area contributed by atoms with Crippen LogP contribution < -0.4 is 0 Å². The number of nitrogens with zero attached hydrogens (tertiary/aromatic N) is 2. The highest BCUT2D eigenvalue weighted by Crippen LogP contribution is 2.38. The summed E-state index contributed by atoms with van der Waals surface area (Å²) in [6, 6.07) is 9.72. The highest BCUT2D eigenvalue weighted by Gasteiger charge is 2.47. The molecule has 196 valence electrons. The Hall–Kier alpha value is -2.33. The number of hydrogen-bond acceptors (Lipinski definition) is 8. The monoisotopic (exact) mass is 566 g/mol. The first-order valence-electron chi connectivity index (χ1n) is 11.1.